The fourth-order valence-corrected chi connectivity index (χ4v) is 6.40. The first-order chi connectivity index (χ1) is 21.3. The number of amides is 1. The Morgan fingerprint density at radius 2 is 1.48 bits per heavy atom. The molecule has 3 heterocycles. The van der Waals surface area contributed by atoms with Crippen LogP contribution in [0.2, 0.25) is 0 Å². The summed E-state index contributed by atoms with van der Waals surface area (Å²) in [4.78, 5) is 36.1. The van der Waals surface area contributed by atoms with Crippen molar-refractivity contribution in [3.8, 4) is 5.75 Å². The van der Waals surface area contributed by atoms with Crippen LogP contribution in [0.4, 0.5) is 8.78 Å². The van der Waals surface area contributed by atoms with E-state index in [1.807, 2.05) is 18.2 Å². The summed E-state index contributed by atoms with van der Waals surface area (Å²) in [6.45, 7) is 2.74. The second kappa shape index (κ2) is 12.6. The lowest BCUT2D eigenvalue weighted by atomic mass is 9.82. The summed E-state index contributed by atoms with van der Waals surface area (Å²) < 4.78 is 27.9. The van der Waals surface area contributed by atoms with Gasteiger partial charge < -0.3 is 14.9 Å². The first-order valence-electron chi connectivity index (χ1n) is 14.9. The fraction of sp³-hybridized carbons (Fsp3) is 0.286. The largest absolute Gasteiger partial charge is 0.508 e. The van der Waals surface area contributed by atoms with Crippen LogP contribution in [0.5, 0.6) is 5.75 Å². The molecule has 2 N–H and O–H groups in total. The first kappa shape index (κ1) is 29.6. The molecule has 0 radical (unpaired) electrons. The molecule has 44 heavy (non-hydrogen) atoms. The number of phenols is 1. The van der Waals surface area contributed by atoms with Crippen molar-refractivity contribution in [2.75, 3.05) is 26.2 Å². The minimum absolute atomic E-state index is 0.0549. The smallest absolute Gasteiger partial charge is 0.253 e. The molecule has 0 saturated carbocycles. The lowest BCUT2D eigenvalue weighted by Gasteiger charge is -2.32. The van der Waals surface area contributed by atoms with Gasteiger partial charge in [0.1, 0.15) is 23.5 Å². The van der Waals surface area contributed by atoms with Gasteiger partial charge in [0.2, 0.25) is 0 Å². The van der Waals surface area contributed by atoms with Crippen molar-refractivity contribution in [2.45, 2.75) is 31.0 Å². The van der Waals surface area contributed by atoms with Crippen LogP contribution in [0.3, 0.4) is 0 Å². The van der Waals surface area contributed by atoms with Crippen LogP contribution in [0, 0.1) is 17.6 Å². The van der Waals surface area contributed by atoms with Crippen molar-refractivity contribution in [3.05, 3.63) is 131 Å². The van der Waals surface area contributed by atoms with Gasteiger partial charge in [-0.05, 0) is 111 Å². The van der Waals surface area contributed by atoms with Crippen LogP contribution in [-0.4, -0.2) is 57.8 Å². The molecular weight excluding hydrogens is 562 g/mol. The van der Waals surface area contributed by atoms with Crippen molar-refractivity contribution in [3.63, 3.8) is 0 Å². The zero-order chi connectivity index (χ0) is 30.7. The maximum atomic E-state index is 14.5. The van der Waals surface area contributed by atoms with Gasteiger partial charge in [0.05, 0.1) is 5.69 Å². The van der Waals surface area contributed by atoms with Crippen LogP contribution < -0.4 is 5.32 Å². The Morgan fingerprint density at radius 1 is 0.864 bits per heavy atom. The van der Waals surface area contributed by atoms with Crippen molar-refractivity contribution in [1.82, 2.24) is 20.1 Å². The number of aromatic nitrogens is 1. The molecule has 9 heteroatoms. The lowest BCUT2D eigenvalue weighted by molar-refractivity contribution is -0.132. The number of carbonyl (C=O) groups excluding carboxylic acids is 2. The number of likely N-dealkylation sites (tertiary alicyclic amines) is 1. The molecule has 2 aliphatic heterocycles. The number of phenolic OH excluding ortho intramolecular Hbond substituents is 1. The monoisotopic (exact) mass is 596 g/mol. The summed E-state index contributed by atoms with van der Waals surface area (Å²) >= 11 is 0. The number of aromatic hydroxyl groups is 1. The van der Waals surface area contributed by atoms with E-state index in [2.05, 4.69) is 15.2 Å². The number of benzene rings is 3. The van der Waals surface area contributed by atoms with E-state index in [9.17, 15) is 23.5 Å². The number of carbonyl (C=O) groups is 2. The van der Waals surface area contributed by atoms with Gasteiger partial charge in [-0.3, -0.25) is 19.9 Å². The van der Waals surface area contributed by atoms with Gasteiger partial charge in [-0.1, -0.05) is 30.3 Å². The van der Waals surface area contributed by atoms with Crippen molar-refractivity contribution < 1.29 is 23.5 Å². The Balaban J connectivity index is 1.19. The van der Waals surface area contributed by atoms with Gasteiger partial charge in [-0.25, -0.2) is 8.78 Å². The van der Waals surface area contributed by atoms with Crippen LogP contribution in [0.1, 0.15) is 52.6 Å². The van der Waals surface area contributed by atoms with Crippen LogP contribution in [0.25, 0.3) is 0 Å². The number of hydrogen-bond donors (Lipinski definition) is 2. The van der Waals surface area contributed by atoms with E-state index in [0.717, 1.165) is 32.5 Å². The summed E-state index contributed by atoms with van der Waals surface area (Å²) in [6.07, 6.45) is 3.31. The third-order valence-electron chi connectivity index (χ3n) is 8.75. The highest BCUT2D eigenvalue weighted by atomic mass is 19.1. The molecule has 4 aromatic rings. The quantitative estimate of drug-likeness (QED) is 0.251. The SMILES string of the molecule is O=C(c1ccc(O)cc1)C1CCN(CCCN2C(=O)C(c3ccc(F)cc3)(c3ccc(F)cc3)NC2c2ccccn2)CC1. The number of halogens is 2. The summed E-state index contributed by atoms with van der Waals surface area (Å²) in [5.41, 5.74) is 1.03. The number of piperidine rings is 1. The number of nitrogens with zero attached hydrogens (tertiary/aromatic N) is 3. The molecule has 2 fully saturated rings. The number of pyridine rings is 1. The van der Waals surface area contributed by atoms with Gasteiger partial charge >= 0.3 is 0 Å². The van der Waals surface area contributed by atoms with Gasteiger partial charge in [-0.2, -0.15) is 0 Å². The molecule has 0 bridgehead atoms. The highest BCUT2D eigenvalue weighted by molar-refractivity contribution is 5.98. The molecular formula is C35H34F2N4O3. The molecule has 0 aliphatic carbocycles. The highest BCUT2D eigenvalue weighted by Gasteiger charge is 2.54. The average Bonchev–Trinajstić information content (AvgIpc) is 3.35. The second-order valence-electron chi connectivity index (χ2n) is 11.4. The summed E-state index contributed by atoms with van der Waals surface area (Å²) in [5.74, 6) is -0.860. The molecule has 0 spiro atoms. The molecule has 3 aromatic carbocycles. The lowest BCUT2D eigenvalue weighted by Crippen LogP contribution is -2.45. The Kier molecular flexibility index (Phi) is 8.50. The van der Waals surface area contributed by atoms with Crippen LogP contribution in [0.15, 0.2) is 97.2 Å². The Hall–Kier alpha value is -4.47. The molecule has 7 nitrogen and oxygen atoms in total. The molecule has 6 rings (SSSR count). The summed E-state index contributed by atoms with van der Waals surface area (Å²) in [6, 6.07) is 23.6. The van der Waals surface area contributed by atoms with Crippen molar-refractivity contribution in [2.24, 2.45) is 5.92 Å². The summed E-state index contributed by atoms with van der Waals surface area (Å²) in [5, 5.41) is 13.0. The van der Waals surface area contributed by atoms with E-state index < -0.39 is 23.3 Å². The van der Waals surface area contributed by atoms with Gasteiger partial charge in [0.25, 0.3) is 5.91 Å². The Labute approximate surface area is 255 Å². The van der Waals surface area contributed by atoms with Crippen LogP contribution >= 0.6 is 0 Å². The van der Waals surface area contributed by atoms with E-state index in [1.54, 1.807) is 47.5 Å². The third-order valence-corrected chi connectivity index (χ3v) is 8.75. The van der Waals surface area contributed by atoms with Crippen molar-refractivity contribution in [1.29, 1.82) is 0 Å². The first-order valence-corrected chi connectivity index (χ1v) is 14.9. The molecule has 226 valence electrons. The Bertz CT molecular complexity index is 1540. The molecule has 2 aliphatic rings. The number of rotatable bonds is 9. The second-order valence-corrected chi connectivity index (χ2v) is 11.4. The number of hydrogen-bond acceptors (Lipinski definition) is 6. The van der Waals surface area contributed by atoms with Crippen molar-refractivity contribution >= 4 is 11.7 Å². The maximum absolute atomic E-state index is 14.5. The minimum Gasteiger partial charge on any atom is -0.508 e. The predicted octanol–water partition coefficient (Wildman–Crippen LogP) is 5.42. The number of Topliss-reactive ketones (excluding diaryl/α,β-unsaturated/α-hetero) is 1. The molecule has 1 amide bonds. The topological polar surface area (TPSA) is 85.8 Å². The van der Waals surface area contributed by atoms with E-state index in [0.29, 0.717) is 35.3 Å². The average molecular weight is 597 g/mol. The zero-order valence-corrected chi connectivity index (χ0v) is 24.2. The van der Waals surface area contributed by atoms with E-state index in [-0.39, 0.29) is 23.4 Å². The zero-order valence-electron chi connectivity index (χ0n) is 24.2. The van der Waals surface area contributed by atoms with E-state index >= 15 is 0 Å². The Morgan fingerprint density at radius 3 is 2.05 bits per heavy atom. The number of nitrogens with one attached hydrogen (secondary N) is 1. The van der Waals surface area contributed by atoms with Gasteiger partial charge in [0, 0.05) is 24.2 Å². The summed E-state index contributed by atoms with van der Waals surface area (Å²) in [7, 11) is 0. The van der Waals surface area contributed by atoms with E-state index in [4.69, 9.17) is 0 Å². The highest BCUT2D eigenvalue weighted by Crippen LogP contribution is 2.42. The van der Waals surface area contributed by atoms with Crippen LogP contribution in [-0.2, 0) is 10.3 Å². The standard InChI is InChI=1S/C35H34F2N4O3/c36-28-11-7-26(8-12-28)35(27-9-13-29(37)14-10-27)34(44)41(33(39-35)31-4-1-2-19-38-31)21-3-20-40-22-17-25(18-23-40)32(43)24-5-15-30(42)16-6-24/h1-2,4-16,19,25,33,39,42H,3,17-18,20-23H2. The normalized spacial score (nSPS) is 18.9. The van der Waals surface area contributed by atoms with Gasteiger partial charge in [0.15, 0.2) is 11.3 Å². The molecule has 2 saturated heterocycles. The predicted molar refractivity (Wildman–Crippen MR) is 162 cm³/mol. The minimum atomic E-state index is -1.36. The third kappa shape index (κ3) is 5.85. The van der Waals surface area contributed by atoms with Gasteiger partial charge in [-0.15, -0.1) is 0 Å². The fourth-order valence-electron chi connectivity index (χ4n) is 6.40. The van der Waals surface area contributed by atoms with E-state index in [1.165, 1.54) is 36.4 Å². The molecule has 1 aromatic heterocycles. The number of ketones is 1. The molecule has 1 atom stereocenters. The maximum Gasteiger partial charge on any atom is 0.253 e. The molecule has 1 unspecified atom stereocenters.